The molecule has 0 aromatic heterocycles. The van der Waals surface area contributed by atoms with Crippen molar-refractivity contribution in [1.82, 2.24) is 0 Å². The maximum Gasteiger partial charge on any atom is 0.417 e. The minimum atomic E-state index is -4.82. The van der Waals surface area contributed by atoms with Crippen LogP contribution < -0.4 is 9.44 Å². The van der Waals surface area contributed by atoms with E-state index in [0.29, 0.717) is 6.07 Å². The molecule has 26 heavy (non-hydrogen) atoms. The second kappa shape index (κ2) is 6.97. The van der Waals surface area contributed by atoms with E-state index < -0.39 is 41.7 Å². The van der Waals surface area contributed by atoms with Crippen LogP contribution in [-0.2, 0) is 26.2 Å². The predicted octanol–water partition coefficient (Wildman–Crippen LogP) is 3.53. The van der Waals surface area contributed by atoms with Crippen molar-refractivity contribution in [3.63, 3.8) is 0 Å². The molecule has 142 valence electrons. The zero-order chi connectivity index (χ0) is 19.8. The van der Waals surface area contributed by atoms with Gasteiger partial charge in [0.05, 0.1) is 33.1 Å². The Morgan fingerprint density at radius 1 is 0.923 bits per heavy atom. The molecule has 0 fully saturated rings. The molecule has 0 aliphatic heterocycles. The molecular formula is C14H12ClF3N2O4S2. The summed E-state index contributed by atoms with van der Waals surface area (Å²) in [6, 6.07) is 7.42. The second-order valence-electron chi connectivity index (χ2n) is 5.20. The van der Waals surface area contributed by atoms with E-state index in [1.54, 1.807) is 0 Å². The lowest BCUT2D eigenvalue weighted by Gasteiger charge is -2.13. The van der Waals surface area contributed by atoms with Crippen LogP contribution >= 0.6 is 11.6 Å². The van der Waals surface area contributed by atoms with E-state index in [2.05, 4.69) is 9.44 Å². The monoisotopic (exact) mass is 428 g/mol. The first-order chi connectivity index (χ1) is 11.8. The summed E-state index contributed by atoms with van der Waals surface area (Å²) >= 11 is 5.47. The molecule has 0 amide bonds. The minimum Gasteiger partial charge on any atom is -0.284 e. The van der Waals surface area contributed by atoms with Crippen molar-refractivity contribution in [2.45, 2.75) is 11.1 Å². The molecule has 0 saturated carbocycles. The van der Waals surface area contributed by atoms with Crippen LogP contribution in [0.25, 0.3) is 0 Å². The van der Waals surface area contributed by atoms with E-state index in [9.17, 15) is 30.0 Å². The number of rotatable bonds is 5. The Morgan fingerprint density at radius 2 is 1.50 bits per heavy atom. The van der Waals surface area contributed by atoms with Gasteiger partial charge in [0.1, 0.15) is 0 Å². The quantitative estimate of drug-likeness (QED) is 0.762. The lowest BCUT2D eigenvalue weighted by atomic mass is 10.2. The summed E-state index contributed by atoms with van der Waals surface area (Å²) in [7, 11) is -7.94. The Morgan fingerprint density at radius 3 is 2.04 bits per heavy atom. The van der Waals surface area contributed by atoms with Crippen LogP contribution in [-0.4, -0.2) is 23.1 Å². The minimum absolute atomic E-state index is 0.0397. The van der Waals surface area contributed by atoms with Gasteiger partial charge in [-0.3, -0.25) is 9.44 Å². The SMILES string of the molecule is CS(=O)(=O)Nc1cccc(NS(=O)(=O)c2ccc(Cl)c(C(F)(F)F)c2)c1. The Bertz CT molecular complexity index is 1040. The van der Waals surface area contributed by atoms with E-state index in [1.165, 1.54) is 24.3 Å². The van der Waals surface area contributed by atoms with Crippen molar-refractivity contribution < 1.29 is 30.0 Å². The standard InChI is InChI=1S/C14H12ClF3N2O4S2/c1-25(21,22)19-9-3-2-4-10(7-9)20-26(23,24)11-5-6-13(15)12(8-11)14(16,17)18/h2-8,19-20H,1H3. The third kappa shape index (κ3) is 5.26. The lowest BCUT2D eigenvalue weighted by molar-refractivity contribution is -0.137. The van der Waals surface area contributed by atoms with Crippen LogP contribution in [0.2, 0.25) is 5.02 Å². The maximum atomic E-state index is 12.9. The van der Waals surface area contributed by atoms with Crippen molar-refractivity contribution in [3.8, 4) is 0 Å². The average molecular weight is 429 g/mol. The Balaban J connectivity index is 2.37. The molecule has 2 aromatic rings. The summed E-state index contributed by atoms with van der Waals surface area (Å²) in [5.41, 5.74) is -1.24. The van der Waals surface area contributed by atoms with Gasteiger partial charge >= 0.3 is 6.18 Å². The largest absolute Gasteiger partial charge is 0.417 e. The number of hydrogen-bond acceptors (Lipinski definition) is 4. The third-order valence-corrected chi connectivity index (χ3v) is 5.29. The maximum absolute atomic E-state index is 12.9. The molecule has 0 unspecified atom stereocenters. The smallest absolute Gasteiger partial charge is 0.284 e. The molecule has 0 bridgehead atoms. The van der Waals surface area contributed by atoms with E-state index in [-0.39, 0.29) is 11.4 Å². The van der Waals surface area contributed by atoms with Gasteiger partial charge in [-0.05, 0) is 36.4 Å². The molecule has 0 spiro atoms. The molecule has 0 radical (unpaired) electrons. The van der Waals surface area contributed by atoms with Crippen LogP contribution in [0.15, 0.2) is 47.4 Å². The molecule has 2 N–H and O–H groups in total. The van der Waals surface area contributed by atoms with Gasteiger partial charge in [-0.2, -0.15) is 13.2 Å². The van der Waals surface area contributed by atoms with Crippen LogP contribution in [0.5, 0.6) is 0 Å². The third-order valence-electron chi connectivity index (χ3n) is 2.97. The zero-order valence-electron chi connectivity index (χ0n) is 13.0. The summed E-state index contributed by atoms with van der Waals surface area (Å²) in [5.74, 6) is 0. The summed E-state index contributed by atoms with van der Waals surface area (Å²) < 4.78 is 90.0. The summed E-state index contributed by atoms with van der Waals surface area (Å²) in [5, 5.41) is -0.629. The predicted molar refractivity (Wildman–Crippen MR) is 92.2 cm³/mol. The molecule has 0 aliphatic rings. The number of alkyl halides is 3. The first-order valence-corrected chi connectivity index (χ1v) is 10.5. The fourth-order valence-corrected chi connectivity index (χ4v) is 3.82. The van der Waals surface area contributed by atoms with Gasteiger partial charge in [-0.1, -0.05) is 17.7 Å². The molecule has 0 saturated heterocycles. The van der Waals surface area contributed by atoms with Gasteiger partial charge in [0, 0.05) is 0 Å². The van der Waals surface area contributed by atoms with Crippen molar-refractivity contribution in [3.05, 3.63) is 53.1 Å². The average Bonchev–Trinajstić information content (AvgIpc) is 2.44. The van der Waals surface area contributed by atoms with Crippen molar-refractivity contribution >= 4 is 43.0 Å². The molecule has 0 aliphatic carbocycles. The first-order valence-electron chi connectivity index (χ1n) is 6.75. The van der Waals surface area contributed by atoms with E-state index in [4.69, 9.17) is 11.6 Å². The molecule has 0 heterocycles. The van der Waals surface area contributed by atoms with Crippen molar-refractivity contribution in [1.29, 1.82) is 0 Å². The topological polar surface area (TPSA) is 92.3 Å². The lowest BCUT2D eigenvalue weighted by Crippen LogP contribution is -2.15. The van der Waals surface area contributed by atoms with Gasteiger partial charge in [-0.15, -0.1) is 0 Å². The highest BCUT2D eigenvalue weighted by Crippen LogP contribution is 2.36. The van der Waals surface area contributed by atoms with Gasteiger partial charge in [0.15, 0.2) is 0 Å². The summed E-state index contributed by atoms with van der Waals surface area (Å²) in [6.07, 6.45) is -3.90. The van der Waals surface area contributed by atoms with Crippen LogP contribution in [0.4, 0.5) is 24.5 Å². The zero-order valence-corrected chi connectivity index (χ0v) is 15.4. The van der Waals surface area contributed by atoms with Crippen LogP contribution in [0.3, 0.4) is 0 Å². The molecule has 6 nitrogen and oxygen atoms in total. The van der Waals surface area contributed by atoms with Gasteiger partial charge in [-0.25, -0.2) is 16.8 Å². The van der Waals surface area contributed by atoms with E-state index in [0.717, 1.165) is 18.4 Å². The number of benzene rings is 2. The van der Waals surface area contributed by atoms with Gasteiger partial charge in [0.2, 0.25) is 10.0 Å². The fourth-order valence-electron chi connectivity index (χ4n) is 1.96. The normalized spacial score (nSPS) is 12.7. The molecule has 2 aromatic carbocycles. The Hall–Kier alpha value is -1.98. The van der Waals surface area contributed by atoms with Crippen LogP contribution in [0, 0.1) is 0 Å². The number of anilines is 2. The number of hydrogen-bond donors (Lipinski definition) is 2. The summed E-state index contributed by atoms with van der Waals surface area (Å²) in [4.78, 5) is -0.643. The first kappa shape index (κ1) is 20.3. The van der Waals surface area contributed by atoms with E-state index in [1.807, 2.05) is 0 Å². The van der Waals surface area contributed by atoms with Crippen LogP contribution in [0.1, 0.15) is 5.56 Å². The molecular weight excluding hydrogens is 417 g/mol. The van der Waals surface area contributed by atoms with Gasteiger partial charge < -0.3 is 0 Å². The van der Waals surface area contributed by atoms with Gasteiger partial charge in [0.25, 0.3) is 10.0 Å². The van der Waals surface area contributed by atoms with Crippen molar-refractivity contribution in [2.75, 3.05) is 15.7 Å². The highest BCUT2D eigenvalue weighted by Gasteiger charge is 2.34. The number of nitrogens with one attached hydrogen (secondary N) is 2. The second-order valence-corrected chi connectivity index (χ2v) is 9.04. The Kier molecular flexibility index (Phi) is 5.45. The van der Waals surface area contributed by atoms with E-state index >= 15 is 0 Å². The fraction of sp³-hybridized carbons (Fsp3) is 0.143. The Labute approximate surface area is 153 Å². The molecule has 2 rings (SSSR count). The number of halogens is 4. The number of sulfonamides is 2. The van der Waals surface area contributed by atoms with Crippen molar-refractivity contribution in [2.24, 2.45) is 0 Å². The summed E-state index contributed by atoms with van der Waals surface area (Å²) in [6.45, 7) is 0. The molecule has 12 heteroatoms. The highest BCUT2D eigenvalue weighted by molar-refractivity contribution is 7.92. The molecule has 0 atom stereocenters. The highest BCUT2D eigenvalue weighted by atomic mass is 35.5.